The highest BCUT2D eigenvalue weighted by Crippen LogP contribution is 2.22. The van der Waals surface area contributed by atoms with Crippen molar-refractivity contribution in [1.82, 2.24) is 10.9 Å². The highest BCUT2D eigenvalue weighted by molar-refractivity contribution is 7.80. The van der Waals surface area contributed by atoms with Gasteiger partial charge in [0.05, 0.1) is 6.42 Å². The third kappa shape index (κ3) is 3.94. The summed E-state index contributed by atoms with van der Waals surface area (Å²) in [5.74, 6) is -0.154. The Morgan fingerprint density at radius 3 is 2.11 bits per heavy atom. The van der Waals surface area contributed by atoms with Crippen molar-refractivity contribution in [2.45, 2.75) is 6.42 Å². The van der Waals surface area contributed by atoms with E-state index >= 15 is 0 Å². The van der Waals surface area contributed by atoms with E-state index in [4.69, 9.17) is 12.2 Å². The van der Waals surface area contributed by atoms with Gasteiger partial charge in [-0.2, -0.15) is 0 Å². The first-order valence-corrected chi connectivity index (χ1v) is 9.42. The van der Waals surface area contributed by atoms with Gasteiger partial charge in [-0.05, 0) is 40.0 Å². The van der Waals surface area contributed by atoms with Crippen LogP contribution in [-0.4, -0.2) is 11.0 Å². The highest BCUT2D eigenvalue weighted by atomic mass is 32.1. The van der Waals surface area contributed by atoms with E-state index in [0.29, 0.717) is 5.11 Å². The van der Waals surface area contributed by atoms with Crippen molar-refractivity contribution in [2.24, 2.45) is 0 Å². The maximum absolute atomic E-state index is 12.4. The van der Waals surface area contributed by atoms with Crippen LogP contribution in [0.2, 0.25) is 0 Å². The standard InChI is InChI=1S/C23H19N3OS/c27-22(15-18-11-5-9-16-7-1-3-12-19(16)18)25-26-23(28)24-21-14-6-10-17-8-2-4-13-20(17)21/h1-14H,15H2,(H,25,27)(H2,24,26,28). The summed E-state index contributed by atoms with van der Waals surface area (Å²) in [7, 11) is 0. The number of rotatable bonds is 3. The van der Waals surface area contributed by atoms with E-state index in [0.717, 1.165) is 32.8 Å². The van der Waals surface area contributed by atoms with E-state index in [9.17, 15) is 4.79 Å². The normalized spacial score (nSPS) is 10.6. The van der Waals surface area contributed by atoms with Gasteiger partial charge in [-0.25, -0.2) is 0 Å². The Morgan fingerprint density at radius 2 is 1.32 bits per heavy atom. The summed E-state index contributed by atoms with van der Waals surface area (Å²) >= 11 is 5.32. The largest absolute Gasteiger partial charge is 0.331 e. The molecular formula is C23H19N3OS. The lowest BCUT2D eigenvalue weighted by atomic mass is 10.0. The number of anilines is 1. The summed E-state index contributed by atoms with van der Waals surface area (Å²) in [6, 6.07) is 28.0. The summed E-state index contributed by atoms with van der Waals surface area (Å²) in [6.07, 6.45) is 0.269. The average molecular weight is 385 g/mol. The van der Waals surface area contributed by atoms with E-state index in [1.807, 2.05) is 84.9 Å². The molecule has 0 aliphatic heterocycles. The molecular weight excluding hydrogens is 366 g/mol. The summed E-state index contributed by atoms with van der Waals surface area (Å²) in [5, 5.41) is 7.86. The smallest absolute Gasteiger partial charge is 0.242 e. The van der Waals surface area contributed by atoms with Crippen molar-refractivity contribution in [2.75, 3.05) is 5.32 Å². The van der Waals surface area contributed by atoms with Gasteiger partial charge < -0.3 is 5.32 Å². The van der Waals surface area contributed by atoms with Crippen molar-refractivity contribution in [3.05, 3.63) is 90.5 Å². The van der Waals surface area contributed by atoms with Crippen LogP contribution in [0.3, 0.4) is 0 Å². The van der Waals surface area contributed by atoms with Crippen LogP contribution in [0.15, 0.2) is 84.9 Å². The third-order valence-corrected chi connectivity index (χ3v) is 4.79. The van der Waals surface area contributed by atoms with Gasteiger partial charge in [0.2, 0.25) is 5.91 Å². The van der Waals surface area contributed by atoms with Gasteiger partial charge in [-0.1, -0.05) is 78.9 Å². The Labute approximate surface area is 168 Å². The van der Waals surface area contributed by atoms with Gasteiger partial charge >= 0.3 is 0 Å². The maximum atomic E-state index is 12.4. The molecule has 28 heavy (non-hydrogen) atoms. The number of hydrazine groups is 1. The molecule has 0 aromatic heterocycles. The van der Waals surface area contributed by atoms with Crippen LogP contribution < -0.4 is 16.2 Å². The molecule has 0 atom stereocenters. The molecule has 0 radical (unpaired) electrons. The van der Waals surface area contributed by atoms with E-state index in [1.54, 1.807) is 0 Å². The molecule has 138 valence electrons. The number of amides is 1. The van der Waals surface area contributed by atoms with Gasteiger partial charge in [0.15, 0.2) is 5.11 Å². The summed E-state index contributed by atoms with van der Waals surface area (Å²) in [6.45, 7) is 0. The van der Waals surface area contributed by atoms with Crippen LogP contribution >= 0.6 is 12.2 Å². The molecule has 0 aliphatic rings. The second kappa shape index (κ2) is 8.06. The molecule has 4 rings (SSSR count). The summed E-state index contributed by atoms with van der Waals surface area (Å²) in [5.41, 5.74) is 7.32. The minimum absolute atomic E-state index is 0.154. The zero-order valence-electron chi connectivity index (χ0n) is 15.1. The first-order valence-electron chi connectivity index (χ1n) is 9.01. The minimum Gasteiger partial charge on any atom is -0.331 e. The fourth-order valence-electron chi connectivity index (χ4n) is 3.28. The van der Waals surface area contributed by atoms with E-state index in [-0.39, 0.29) is 12.3 Å². The van der Waals surface area contributed by atoms with Gasteiger partial charge in [-0.3, -0.25) is 15.6 Å². The lowest BCUT2D eigenvalue weighted by Gasteiger charge is -2.13. The monoisotopic (exact) mass is 385 g/mol. The molecule has 4 aromatic carbocycles. The van der Waals surface area contributed by atoms with Crippen LogP contribution in [0.1, 0.15) is 5.56 Å². The van der Waals surface area contributed by atoms with Crippen LogP contribution in [0, 0.1) is 0 Å². The molecule has 5 heteroatoms. The lowest BCUT2D eigenvalue weighted by molar-refractivity contribution is -0.120. The van der Waals surface area contributed by atoms with E-state index < -0.39 is 0 Å². The number of nitrogens with one attached hydrogen (secondary N) is 3. The first-order chi connectivity index (χ1) is 13.7. The predicted molar refractivity (Wildman–Crippen MR) is 119 cm³/mol. The number of benzene rings is 4. The first kappa shape index (κ1) is 17.9. The highest BCUT2D eigenvalue weighted by Gasteiger charge is 2.08. The summed E-state index contributed by atoms with van der Waals surface area (Å²) in [4.78, 5) is 12.4. The Bertz CT molecular complexity index is 1070. The van der Waals surface area contributed by atoms with Crippen LogP contribution in [0.5, 0.6) is 0 Å². The second-order valence-electron chi connectivity index (χ2n) is 6.47. The molecule has 1 amide bonds. The van der Waals surface area contributed by atoms with Gasteiger partial charge in [0.25, 0.3) is 0 Å². The Morgan fingerprint density at radius 1 is 0.714 bits per heavy atom. The second-order valence-corrected chi connectivity index (χ2v) is 6.88. The molecule has 0 bridgehead atoms. The number of carbonyl (C=O) groups is 1. The molecule has 0 aliphatic carbocycles. The Kier molecular flexibility index (Phi) is 5.17. The fourth-order valence-corrected chi connectivity index (χ4v) is 3.44. The van der Waals surface area contributed by atoms with Crippen molar-refractivity contribution >= 4 is 50.5 Å². The average Bonchev–Trinajstić information content (AvgIpc) is 2.73. The Balaban J connectivity index is 1.38. The maximum Gasteiger partial charge on any atom is 0.242 e. The number of fused-ring (bicyclic) bond motifs is 2. The minimum atomic E-state index is -0.154. The SMILES string of the molecule is O=C(Cc1cccc2ccccc12)NNC(=S)Nc1cccc2ccccc12. The quantitative estimate of drug-likeness (QED) is 0.358. The van der Waals surface area contributed by atoms with E-state index in [1.165, 1.54) is 0 Å². The van der Waals surface area contributed by atoms with Crippen molar-refractivity contribution in [1.29, 1.82) is 0 Å². The van der Waals surface area contributed by atoms with Crippen molar-refractivity contribution in [3.8, 4) is 0 Å². The molecule has 4 nitrogen and oxygen atoms in total. The van der Waals surface area contributed by atoms with Crippen LogP contribution in [0.25, 0.3) is 21.5 Å². The molecule has 3 N–H and O–H groups in total. The van der Waals surface area contributed by atoms with Crippen molar-refractivity contribution < 1.29 is 4.79 Å². The number of hydrogen-bond acceptors (Lipinski definition) is 2. The van der Waals surface area contributed by atoms with E-state index in [2.05, 4.69) is 16.2 Å². The zero-order chi connectivity index (χ0) is 19.3. The predicted octanol–water partition coefficient (Wildman–Crippen LogP) is 4.55. The summed E-state index contributed by atoms with van der Waals surface area (Å²) < 4.78 is 0. The number of hydrogen-bond donors (Lipinski definition) is 3. The van der Waals surface area contributed by atoms with Crippen molar-refractivity contribution in [3.63, 3.8) is 0 Å². The zero-order valence-corrected chi connectivity index (χ0v) is 15.9. The van der Waals surface area contributed by atoms with Crippen LogP contribution in [0.4, 0.5) is 5.69 Å². The lowest BCUT2D eigenvalue weighted by Crippen LogP contribution is -2.44. The molecule has 0 saturated carbocycles. The van der Waals surface area contributed by atoms with Gasteiger partial charge in [-0.15, -0.1) is 0 Å². The molecule has 0 spiro atoms. The number of thiocarbonyl (C=S) groups is 1. The molecule has 0 heterocycles. The number of carbonyl (C=O) groups excluding carboxylic acids is 1. The topological polar surface area (TPSA) is 53.2 Å². The third-order valence-electron chi connectivity index (χ3n) is 4.58. The molecule has 0 unspecified atom stereocenters. The molecule has 0 fully saturated rings. The molecule has 0 saturated heterocycles. The van der Waals surface area contributed by atoms with Gasteiger partial charge in [0, 0.05) is 11.1 Å². The molecule has 4 aromatic rings. The van der Waals surface area contributed by atoms with Crippen LogP contribution in [-0.2, 0) is 11.2 Å². The Hall–Kier alpha value is -3.44. The van der Waals surface area contributed by atoms with Gasteiger partial charge in [0.1, 0.15) is 0 Å². The fraction of sp³-hybridized carbons (Fsp3) is 0.0435.